The van der Waals surface area contributed by atoms with E-state index in [1.807, 2.05) is 11.6 Å². The Labute approximate surface area is 76.5 Å². The van der Waals surface area contributed by atoms with E-state index < -0.39 is 0 Å². The van der Waals surface area contributed by atoms with Crippen LogP contribution in [-0.2, 0) is 16.5 Å². The zero-order valence-electron chi connectivity index (χ0n) is 7.51. The van der Waals surface area contributed by atoms with E-state index in [4.69, 9.17) is 15.2 Å². The fraction of sp³-hybridized carbons (Fsp3) is 0.625. The summed E-state index contributed by atoms with van der Waals surface area (Å²) in [5, 5.41) is 0. The minimum atomic E-state index is -0.305. The second-order valence-electron chi connectivity index (χ2n) is 3.09. The first-order chi connectivity index (χ1) is 6.31. The topological polar surface area (TPSA) is 62.3 Å². The number of aryl methyl sites for hydroxylation is 1. The van der Waals surface area contributed by atoms with Crippen LogP contribution in [0.2, 0.25) is 0 Å². The Bertz CT molecular complexity index is 287. The Kier molecular flexibility index (Phi) is 2.30. The lowest BCUT2D eigenvalue weighted by Gasteiger charge is -2.10. The van der Waals surface area contributed by atoms with Crippen molar-refractivity contribution in [2.45, 2.75) is 12.4 Å². The summed E-state index contributed by atoms with van der Waals surface area (Å²) in [6.45, 7) is 1.06. The molecule has 72 valence electrons. The van der Waals surface area contributed by atoms with E-state index in [-0.39, 0.29) is 12.4 Å². The molecule has 0 amide bonds. The zero-order chi connectivity index (χ0) is 9.26. The highest BCUT2D eigenvalue weighted by molar-refractivity contribution is 5.00. The van der Waals surface area contributed by atoms with Gasteiger partial charge in [0, 0.05) is 13.6 Å². The van der Waals surface area contributed by atoms with E-state index in [9.17, 15) is 0 Å². The van der Waals surface area contributed by atoms with Gasteiger partial charge in [-0.25, -0.2) is 4.98 Å². The molecule has 2 atom stereocenters. The van der Waals surface area contributed by atoms with Crippen LogP contribution in [-0.4, -0.2) is 28.8 Å². The molecule has 2 unspecified atom stereocenters. The zero-order valence-corrected chi connectivity index (χ0v) is 7.51. The molecule has 1 fully saturated rings. The first-order valence-corrected chi connectivity index (χ1v) is 4.24. The summed E-state index contributed by atoms with van der Waals surface area (Å²) in [4.78, 5) is 3.99. The Morgan fingerprint density at radius 3 is 3.15 bits per heavy atom. The van der Waals surface area contributed by atoms with Gasteiger partial charge in [0.15, 0.2) is 0 Å². The summed E-state index contributed by atoms with van der Waals surface area (Å²) < 4.78 is 12.8. The number of nitrogens with zero attached hydrogens (tertiary/aromatic N) is 2. The maximum absolute atomic E-state index is 5.53. The molecule has 0 saturated carbocycles. The van der Waals surface area contributed by atoms with Gasteiger partial charge in [0.05, 0.1) is 30.9 Å². The second-order valence-corrected chi connectivity index (χ2v) is 3.09. The molecular weight excluding hydrogens is 170 g/mol. The largest absolute Gasteiger partial charge is 0.344 e. The standard InChI is InChI=1S/C8H13N3O2/c1-11-5-10-3-7(11)8-12-4-6(2-9)13-8/h3,5-6,8H,2,4,9H2,1H3. The quantitative estimate of drug-likeness (QED) is 0.689. The van der Waals surface area contributed by atoms with Gasteiger partial charge in [0.25, 0.3) is 0 Å². The van der Waals surface area contributed by atoms with Crippen LogP contribution in [0.1, 0.15) is 12.0 Å². The highest BCUT2D eigenvalue weighted by Crippen LogP contribution is 2.25. The molecule has 1 saturated heterocycles. The van der Waals surface area contributed by atoms with Crippen LogP contribution in [0.15, 0.2) is 12.5 Å². The predicted octanol–water partition coefficient (Wildman–Crippen LogP) is -0.207. The summed E-state index contributed by atoms with van der Waals surface area (Å²) in [6, 6.07) is 0. The van der Waals surface area contributed by atoms with Gasteiger partial charge in [0.1, 0.15) is 0 Å². The third-order valence-corrected chi connectivity index (χ3v) is 2.11. The summed E-state index contributed by atoms with van der Waals surface area (Å²) in [7, 11) is 1.91. The second kappa shape index (κ2) is 3.45. The summed E-state index contributed by atoms with van der Waals surface area (Å²) >= 11 is 0. The van der Waals surface area contributed by atoms with Crippen molar-refractivity contribution in [3.05, 3.63) is 18.2 Å². The average molecular weight is 183 g/mol. The van der Waals surface area contributed by atoms with Crippen molar-refractivity contribution in [1.29, 1.82) is 0 Å². The number of hydrogen-bond donors (Lipinski definition) is 1. The Balaban J connectivity index is 2.08. The van der Waals surface area contributed by atoms with E-state index in [1.54, 1.807) is 12.5 Å². The fourth-order valence-corrected chi connectivity index (χ4v) is 1.32. The molecule has 1 aromatic rings. The molecule has 2 rings (SSSR count). The van der Waals surface area contributed by atoms with Crippen molar-refractivity contribution < 1.29 is 9.47 Å². The average Bonchev–Trinajstić information content (AvgIpc) is 2.71. The molecule has 1 aromatic heterocycles. The third-order valence-electron chi connectivity index (χ3n) is 2.11. The molecular formula is C8H13N3O2. The van der Waals surface area contributed by atoms with Crippen molar-refractivity contribution in [1.82, 2.24) is 9.55 Å². The van der Waals surface area contributed by atoms with E-state index in [0.717, 1.165) is 5.69 Å². The molecule has 0 aliphatic carbocycles. The number of imidazole rings is 1. The van der Waals surface area contributed by atoms with E-state index in [1.165, 1.54) is 0 Å². The van der Waals surface area contributed by atoms with Crippen LogP contribution in [0, 0.1) is 0 Å². The van der Waals surface area contributed by atoms with E-state index in [2.05, 4.69) is 4.98 Å². The van der Waals surface area contributed by atoms with Crippen LogP contribution >= 0.6 is 0 Å². The smallest absolute Gasteiger partial charge is 0.201 e. The van der Waals surface area contributed by atoms with Crippen molar-refractivity contribution in [3.8, 4) is 0 Å². The monoisotopic (exact) mass is 183 g/mol. The van der Waals surface area contributed by atoms with Gasteiger partial charge in [-0.2, -0.15) is 0 Å². The molecule has 0 spiro atoms. The first kappa shape index (κ1) is 8.68. The molecule has 0 radical (unpaired) electrons. The van der Waals surface area contributed by atoms with Crippen molar-refractivity contribution >= 4 is 0 Å². The molecule has 5 nitrogen and oxygen atoms in total. The van der Waals surface area contributed by atoms with Gasteiger partial charge >= 0.3 is 0 Å². The van der Waals surface area contributed by atoms with E-state index in [0.29, 0.717) is 13.2 Å². The Morgan fingerprint density at radius 2 is 2.62 bits per heavy atom. The first-order valence-electron chi connectivity index (χ1n) is 4.24. The van der Waals surface area contributed by atoms with E-state index >= 15 is 0 Å². The maximum atomic E-state index is 5.53. The summed E-state index contributed by atoms with van der Waals surface area (Å²) in [5.74, 6) is 0. The SMILES string of the molecule is Cn1cncc1C1OCC(CN)O1. The van der Waals surface area contributed by atoms with Crippen molar-refractivity contribution in [2.24, 2.45) is 12.8 Å². The highest BCUT2D eigenvalue weighted by Gasteiger charge is 2.27. The van der Waals surface area contributed by atoms with Crippen LogP contribution in [0.5, 0.6) is 0 Å². The van der Waals surface area contributed by atoms with Gasteiger partial charge < -0.3 is 19.8 Å². The minimum Gasteiger partial charge on any atom is -0.344 e. The number of rotatable bonds is 2. The molecule has 2 N–H and O–H groups in total. The number of nitrogens with two attached hydrogens (primary N) is 1. The van der Waals surface area contributed by atoms with Crippen molar-refractivity contribution in [3.63, 3.8) is 0 Å². The molecule has 0 aromatic carbocycles. The van der Waals surface area contributed by atoms with Gasteiger partial charge in [0.2, 0.25) is 6.29 Å². The van der Waals surface area contributed by atoms with Crippen molar-refractivity contribution in [2.75, 3.05) is 13.2 Å². The third kappa shape index (κ3) is 1.58. The van der Waals surface area contributed by atoms with Gasteiger partial charge in [-0.3, -0.25) is 0 Å². The number of aromatic nitrogens is 2. The van der Waals surface area contributed by atoms with Gasteiger partial charge in [-0.05, 0) is 0 Å². The molecule has 1 aliphatic heterocycles. The molecule has 13 heavy (non-hydrogen) atoms. The lowest BCUT2D eigenvalue weighted by Crippen LogP contribution is -2.21. The normalized spacial score (nSPS) is 28.2. The fourth-order valence-electron chi connectivity index (χ4n) is 1.32. The molecule has 2 heterocycles. The number of hydrogen-bond acceptors (Lipinski definition) is 4. The molecule has 5 heteroatoms. The predicted molar refractivity (Wildman–Crippen MR) is 45.8 cm³/mol. The highest BCUT2D eigenvalue weighted by atomic mass is 16.7. The van der Waals surface area contributed by atoms with Crippen LogP contribution in [0.4, 0.5) is 0 Å². The van der Waals surface area contributed by atoms with Gasteiger partial charge in [-0.15, -0.1) is 0 Å². The van der Waals surface area contributed by atoms with Gasteiger partial charge in [-0.1, -0.05) is 0 Å². The lowest BCUT2D eigenvalue weighted by atomic mass is 10.4. The van der Waals surface area contributed by atoms with Crippen LogP contribution in [0.25, 0.3) is 0 Å². The minimum absolute atomic E-state index is 0.0138. The maximum Gasteiger partial charge on any atom is 0.201 e. The van der Waals surface area contributed by atoms with Crippen LogP contribution in [0.3, 0.4) is 0 Å². The Morgan fingerprint density at radius 1 is 1.77 bits per heavy atom. The summed E-state index contributed by atoms with van der Waals surface area (Å²) in [6.07, 6.45) is 3.17. The molecule has 0 bridgehead atoms. The number of ether oxygens (including phenoxy) is 2. The Hall–Kier alpha value is -0.910. The summed E-state index contributed by atoms with van der Waals surface area (Å²) in [5.41, 5.74) is 6.39. The molecule has 1 aliphatic rings. The lowest BCUT2D eigenvalue weighted by molar-refractivity contribution is -0.0632. The van der Waals surface area contributed by atoms with Crippen LogP contribution < -0.4 is 5.73 Å².